The minimum absolute atomic E-state index is 0.0906. The number of ether oxygens (including phenoxy) is 1. The zero-order valence-electron chi connectivity index (χ0n) is 18.3. The topological polar surface area (TPSA) is 79.0 Å². The zero-order chi connectivity index (χ0) is 22.5. The van der Waals surface area contributed by atoms with E-state index >= 15 is 0 Å². The van der Waals surface area contributed by atoms with E-state index in [0.717, 1.165) is 34.8 Å². The number of urea groups is 1. The van der Waals surface area contributed by atoms with E-state index in [1.54, 1.807) is 24.3 Å². The first-order valence-electron chi connectivity index (χ1n) is 10.4. The van der Waals surface area contributed by atoms with E-state index in [-0.39, 0.29) is 5.57 Å². The number of amides is 4. The average Bonchev–Trinajstić information content (AvgIpc) is 2.74. The van der Waals surface area contributed by atoms with Gasteiger partial charge in [0.05, 0.1) is 12.3 Å². The van der Waals surface area contributed by atoms with Gasteiger partial charge in [0, 0.05) is 18.8 Å². The lowest BCUT2D eigenvalue weighted by molar-refractivity contribution is -0.122. The summed E-state index contributed by atoms with van der Waals surface area (Å²) in [6.45, 7) is 10.3. The van der Waals surface area contributed by atoms with E-state index in [1.807, 2.05) is 32.0 Å². The third-order valence-corrected chi connectivity index (χ3v) is 5.19. The van der Waals surface area contributed by atoms with Crippen LogP contribution in [0, 0.1) is 6.92 Å². The molecule has 2 aromatic carbocycles. The van der Waals surface area contributed by atoms with E-state index in [9.17, 15) is 14.4 Å². The van der Waals surface area contributed by atoms with E-state index in [2.05, 4.69) is 24.1 Å². The van der Waals surface area contributed by atoms with Gasteiger partial charge < -0.3 is 9.64 Å². The van der Waals surface area contributed by atoms with Crippen molar-refractivity contribution < 1.29 is 19.1 Å². The van der Waals surface area contributed by atoms with Crippen LogP contribution in [0.4, 0.5) is 16.2 Å². The molecule has 1 aliphatic heterocycles. The molecule has 4 amide bonds. The molecule has 0 spiro atoms. The summed E-state index contributed by atoms with van der Waals surface area (Å²) in [5.41, 5.74) is 3.03. The monoisotopic (exact) mass is 421 g/mol. The molecule has 1 aliphatic rings. The molecule has 31 heavy (non-hydrogen) atoms. The molecule has 7 heteroatoms. The highest BCUT2D eigenvalue weighted by molar-refractivity contribution is 6.39. The normalized spacial score (nSPS) is 15.3. The highest BCUT2D eigenvalue weighted by Crippen LogP contribution is 2.26. The van der Waals surface area contributed by atoms with Crippen LogP contribution in [0.2, 0.25) is 0 Å². The van der Waals surface area contributed by atoms with Crippen molar-refractivity contribution in [2.24, 2.45) is 0 Å². The summed E-state index contributed by atoms with van der Waals surface area (Å²) in [6, 6.07) is 11.7. The molecule has 162 valence electrons. The molecule has 0 radical (unpaired) electrons. The Morgan fingerprint density at radius 2 is 1.68 bits per heavy atom. The molecule has 0 aliphatic carbocycles. The van der Waals surface area contributed by atoms with E-state index in [1.165, 1.54) is 6.08 Å². The van der Waals surface area contributed by atoms with E-state index < -0.39 is 17.8 Å². The predicted molar refractivity (Wildman–Crippen MR) is 121 cm³/mol. The molecule has 1 heterocycles. The van der Waals surface area contributed by atoms with Crippen LogP contribution in [-0.4, -0.2) is 37.5 Å². The molecule has 0 atom stereocenters. The van der Waals surface area contributed by atoms with Gasteiger partial charge in [-0.15, -0.1) is 0 Å². The fourth-order valence-corrected chi connectivity index (χ4v) is 3.51. The van der Waals surface area contributed by atoms with Crippen LogP contribution in [0.5, 0.6) is 5.75 Å². The maximum Gasteiger partial charge on any atom is 0.335 e. The number of anilines is 2. The highest BCUT2D eigenvalue weighted by Gasteiger charge is 2.36. The third-order valence-electron chi connectivity index (χ3n) is 5.19. The molecule has 1 fully saturated rings. The van der Waals surface area contributed by atoms with Crippen molar-refractivity contribution in [2.45, 2.75) is 27.7 Å². The van der Waals surface area contributed by atoms with Gasteiger partial charge in [0.1, 0.15) is 11.3 Å². The van der Waals surface area contributed by atoms with Gasteiger partial charge in [-0.25, -0.2) is 9.69 Å². The lowest BCUT2D eigenvalue weighted by Crippen LogP contribution is -2.54. The number of nitrogens with zero attached hydrogens (tertiary/aromatic N) is 2. The van der Waals surface area contributed by atoms with Crippen molar-refractivity contribution in [1.29, 1.82) is 0 Å². The SMILES string of the molecule is CCOc1ccc(N2C(=O)NC(=O)/C(=C\c3ccc(N(CC)CC)cc3C)C2=O)cc1. The van der Waals surface area contributed by atoms with E-state index in [0.29, 0.717) is 18.0 Å². The largest absolute Gasteiger partial charge is 0.494 e. The van der Waals surface area contributed by atoms with Crippen molar-refractivity contribution in [2.75, 3.05) is 29.5 Å². The first-order chi connectivity index (χ1) is 14.9. The summed E-state index contributed by atoms with van der Waals surface area (Å²) < 4.78 is 5.40. The van der Waals surface area contributed by atoms with Gasteiger partial charge in [0.25, 0.3) is 11.8 Å². The van der Waals surface area contributed by atoms with Gasteiger partial charge in [-0.1, -0.05) is 6.07 Å². The summed E-state index contributed by atoms with van der Waals surface area (Å²) >= 11 is 0. The number of nitrogens with one attached hydrogen (secondary N) is 1. The lowest BCUT2D eigenvalue weighted by atomic mass is 10.0. The van der Waals surface area contributed by atoms with Gasteiger partial charge in [0.15, 0.2) is 0 Å². The van der Waals surface area contributed by atoms with Crippen LogP contribution in [-0.2, 0) is 9.59 Å². The van der Waals surface area contributed by atoms with Crippen LogP contribution in [0.3, 0.4) is 0 Å². The summed E-state index contributed by atoms with van der Waals surface area (Å²) in [6.07, 6.45) is 1.53. The number of carbonyl (C=O) groups is 3. The molecule has 0 bridgehead atoms. The summed E-state index contributed by atoms with van der Waals surface area (Å²) in [5.74, 6) is -0.735. The minimum Gasteiger partial charge on any atom is -0.494 e. The number of aryl methyl sites for hydroxylation is 1. The van der Waals surface area contributed by atoms with Crippen molar-refractivity contribution in [1.82, 2.24) is 5.32 Å². The zero-order valence-corrected chi connectivity index (χ0v) is 18.3. The Bertz CT molecular complexity index is 1020. The third kappa shape index (κ3) is 4.60. The van der Waals surface area contributed by atoms with Crippen LogP contribution in [0.25, 0.3) is 6.08 Å². The Labute approximate surface area is 182 Å². The summed E-state index contributed by atoms with van der Waals surface area (Å²) in [7, 11) is 0. The number of hydrogen-bond donors (Lipinski definition) is 1. The Kier molecular flexibility index (Phi) is 6.74. The Balaban J connectivity index is 1.93. The van der Waals surface area contributed by atoms with Crippen molar-refractivity contribution in [3.63, 3.8) is 0 Å². The number of hydrogen-bond acceptors (Lipinski definition) is 5. The maximum absolute atomic E-state index is 13.1. The number of imide groups is 2. The molecule has 7 nitrogen and oxygen atoms in total. The van der Waals surface area contributed by atoms with Crippen molar-refractivity contribution in [3.05, 3.63) is 59.2 Å². The second-order valence-electron chi connectivity index (χ2n) is 7.10. The number of benzene rings is 2. The molecule has 0 unspecified atom stereocenters. The van der Waals surface area contributed by atoms with Crippen LogP contribution < -0.4 is 19.9 Å². The molecule has 1 saturated heterocycles. The van der Waals surface area contributed by atoms with Gasteiger partial charge >= 0.3 is 6.03 Å². The quantitative estimate of drug-likeness (QED) is 0.542. The second-order valence-corrected chi connectivity index (χ2v) is 7.10. The van der Waals surface area contributed by atoms with E-state index in [4.69, 9.17) is 4.74 Å². The van der Waals surface area contributed by atoms with Gasteiger partial charge in [-0.3, -0.25) is 14.9 Å². The second kappa shape index (κ2) is 9.47. The smallest absolute Gasteiger partial charge is 0.335 e. The molecule has 0 aromatic heterocycles. The number of rotatable bonds is 7. The predicted octanol–water partition coefficient (Wildman–Crippen LogP) is 3.91. The molecular weight excluding hydrogens is 394 g/mol. The standard InChI is InChI=1S/C24H27N3O4/c1-5-26(6-2)19-9-8-17(16(4)14-19)15-21-22(28)25-24(30)27(23(21)29)18-10-12-20(13-11-18)31-7-3/h8-15H,5-7H2,1-4H3,(H,25,28,30)/b21-15+. The van der Waals surface area contributed by atoms with Crippen molar-refractivity contribution in [3.8, 4) is 5.75 Å². The maximum atomic E-state index is 13.1. The fourth-order valence-electron chi connectivity index (χ4n) is 3.51. The average molecular weight is 421 g/mol. The van der Waals surface area contributed by atoms with Gasteiger partial charge in [-0.05, 0) is 81.3 Å². The lowest BCUT2D eigenvalue weighted by Gasteiger charge is -2.26. The van der Waals surface area contributed by atoms with Crippen LogP contribution in [0.15, 0.2) is 48.0 Å². The van der Waals surface area contributed by atoms with Crippen molar-refractivity contribution >= 4 is 35.3 Å². The number of barbiturate groups is 1. The van der Waals surface area contributed by atoms with Gasteiger partial charge in [-0.2, -0.15) is 0 Å². The first-order valence-corrected chi connectivity index (χ1v) is 10.4. The molecule has 1 N–H and O–H groups in total. The van der Waals surface area contributed by atoms with Crippen LogP contribution >= 0.6 is 0 Å². The molecular formula is C24H27N3O4. The minimum atomic E-state index is -0.773. The van der Waals surface area contributed by atoms with Gasteiger partial charge in [0.2, 0.25) is 0 Å². The Morgan fingerprint density at radius 1 is 1.00 bits per heavy atom. The summed E-state index contributed by atoms with van der Waals surface area (Å²) in [4.78, 5) is 41.1. The Hall–Kier alpha value is -3.61. The highest BCUT2D eigenvalue weighted by atomic mass is 16.5. The van der Waals surface area contributed by atoms with Crippen LogP contribution in [0.1, 0.15) is 31.9 Å². The Morgan fingerprint density at radius 3 is 2.26 bits per heavy atom. The molecule has 3 rings (SSSR count). The molecule has 0 saturated carbocycles. The summed E-state index contributed by atoms with van der Waals surface area (Å²) in [5, 5.41) is 2.26. The fraction of sp³-hybridized carbons (Fsp3) is 0.292. The number of carbonyl (C=O) groups excluding carboxylic acids is 3. The first kappa shape index (κ1) is 22.1. The molecule has 2 aromatic rings.